The highest BCUT2D eigenvalue weighted by Crippen LogP contribution is 2.00. The summed E-state index contributed by atoms with van der Waals surface area (Å²) in [4.78, 5) is 47.3. The SMILES string of the molecule is Cn1cc(Cc2cc(=O)n(C)c(=O)n2C)c(=O)n(C)c1=O. The molecule has 0 saturated carbocycles. The van der Waals surface area contributed by atoms with Crippen molar-refractivity contribution in [3.63, 3.8) is 0 Å². The van der Waals surface area contributed by atoms with Crippen LogP contribution in [0.4, 0.5) is 0 Å². The number of rotatable bonds is 2. The Balaban J connectivity index is 2.65. The molecule has 0 aliphatic heterocycles. The molecule has 2 heterocycles. The van der Waals surface area contributed by atoms with Crippen LogP contribution in [0, 0.1) is 0 Å². The quantitative estimate of drug-likeness (QED) is 0.645. The summed E-state index contributed by atoms with van der Waals surface area (Å²) in [6.07, 6.45) is 1.52. The van der Waals surface area contributed by atoms with Crippen molar-refractivity contribution in [1.82, 2.24) is 18.3 Å². The molecule has 0 aliphatic rings. The van der Waals surface area contributed by atoms with Crippen LogP contribution >= 0.6 is 0 Å². The zero-order valence-electron chi connectivity index (χ0n) is 12.3. The molecule has 0 bridgehead atoms. The second-order valence-electron chi connectivity index (χ2n) is 4.96. The van der Waals surface area contributed by atoms with E-state index in [1.54, 1.807) is 0 Å². The van der Waals surface area contributed by atoms with Crippen LogP contribution in [-0.2, 0) is 34.6 Å². The minimum atomic E-state index is -0.459. The van der Waals surface area contributed by atoms with Crippen LogP contribution < -0.4 is 22.5 Å². The number of nitrogens with zero attached hydrogens (tertiary/aromatic N) is 4. The Kier molecular flexibility index (Phi) is 3.54. The van der Waals surface area contributed by atoms with Crippen molar-refractivity contribution in [2.24, 2.45) is 28.2 Å². The number of aromatic nitrogens is 4. The average molecular weight is 292 g/mol. The smallest absolute Gasteiger partial charge is 0.303 e. The molecule has 0 atom stereocenters. The van der Waals surface area contributed by atoms with E-state index in [-0.39, 0.29) is 6.42 Å². The lowest BCUT2D eigenvalue weighted by molar-refractivity contribution is 0.643. The van der Waals surface area contributed by atoms with Gasteiger partial charge in [0.05, 0.1) is 0 Å². The van der Waals surface area contributed by atoms with Gasteiger partial charge < -0.3 is 9.13 Å². The highest BCUT2D eigenvalue weighted by atomic mass is 16.2. The van der Waals surface area contributed by atoms with E-state index in [1.807, 2.05) is 0 Å². The molecule has 0 saturated heterocycles. The molecule has 2 rings (SSSR count). The lowest BCUT2D eigenvalue weighted by Gasteiger charge is -2.10. The average Bonchev–Trinajstić information content (AvgIpc) is 2.45. The largest absolute Gasteiger partial charge is 0.330 e. The second-order valence-corrected chi connectivity index (χ2v) is 4.96. The lowest BCUT2D eigenvalue weighted by atomic mass is 10.1. The summed E-state index contributed by atoms with van der Waals surface area (Å²) in [7, 11) is 5.84. The van der Waals surface area contributed by atoms with Crippen molar-refractivity contribution in [3.8, 4) is 0 Å². The van der Waals surface area contributed by atoms with E-state index in [2.05, 4.69) is 0 Å². The standard InChI is InChI=1S/C13H16N4O4/c1-14-7-8(11(19)17(4)12(14)20)5-9-6-10(18)16(3)13(21)15(9)2/h6-7H,5H2,1-4H3. The number of hydrogen-bond donors (Lipinski definition) is 0. The highest BCUT2D eigenvalue weighted by molar-refractivity contribution is 5.16. The normalized spacial score (nSPS) is 10.9. The molecule has 0 fully saturated rings. The van der Waals surface area contributed by atoms with E-state index in [0.717, 1.165) is 9.13 Å². The Morgan fingerprint density at radius 3 is 2.10 bits per heavy atom. The first-order valence-electron chi connectivity index (χ1n) is 6.25. The molecule has 0 radical (unpaired) electrons. The van der Waals surface area contributed by atoms with E-state index in [4.69, 9.17) is 0 Å². The minimum absolute atomic E-state index is 0.0998. The predicted octanol–water partition coefficient (Wildman–Crippen LogP) is -1.93. The Hall–Kier alpha value is -2.64. The zero-order chi connectivity index (χ0) is 15.9. The molecule has 0 unspecified atom stereocenters. The van der Waals surface area contributed by atoms with Gasteiger partial charge in [0.1, 0.15) is 0 Å². The van der Waals surface area contributed by atoms with Crippen LogP contribution in [0.15, 0.2) is 31.4 Å². The third-order valence-corrected chi connectivity index (χ3v) is 3.51. The Labute approximate surface area is 119 Å². The van der Waals surface area contributed by atoms with Gasteiger partial charge in [0.15, 0.2) is 0 Å². The molecule has 2 aromatic rings. The molecule has 0 N–H and O–H groups in total. The van der Waals surface area contributed by atoms with Crippen LogP contribution in [0.1, 0.15) is 11.3 Å². The van der Waals surface area contributed by atoms with E-state index in [1.165, 1.54) is 49.6 Å². The van der Waals surface area contributed by atoms with E-state index in [9.17, 15) is 19.2 Å². The first-order chi connectivity index (χ1) is 9.73. The topological polar surface area (TPSA) is 88.0 Å². The molecule has 21 heavy (non-hydrogen) atoms. The molecule has 0 aromatic carbocycles. The maximum atomic E-state index is 12.1. The van der Waals surface area contributed by atoms with Gasteiger partial charge in [-0.15, -0.1) is 0 Å². The summed E-state index contributed by atoms with van der Waals surface area (Å²) < 4.78 is 4.58. The van der Waals surface area contributed by atoms with Crippen molar-refractivity contribution in [2.75, 3.05) is 0 Å². The van der Waals surface area contributed by atoms with Crippen molar-refractivity contribution < 1.29 is 0 Å². The molecular weight excluding hydrogens is 276 g/mol. The van der Waals surface area contributed by atoms with Crippen molar-refractivity contribution in [1.29, 1.82) is 0 Å². The van der Waals surface area contributed by atoms with Crippen LogP contribution in [0.2, 0.25) is 0 Å². The predicted molar refractivity (Wildman–Crippen MR) is 76.7 cm³/mol. The Bertz CT molecular complexity index is 943. The maximum Gasteiger partial charge on any atom is 0.330 e. The minimum Gasteiger partial charge on any atom is -0.303 e. The molecular formula is C13H16N4O4. The lowest BCUT2D eigenvalue weighted by Crippen LogP contribution is -2.40. The van der Waals surface area contributed by atoms with Gasteiger partial charge >= 0.3 is 11.4 Å². The Morgan fingerprint density at radius 2 is 1.48 bits per heavy atom. The second kappa shape index (κ2) is 5.04. The number of aryl methyl sites for hydroxylation is 1. The summed E-state index contributed by atoms with van der Waals surface area (Å²) in [5, 5.41) is 0. The zero-order valence-corrected chi connectivity index (χ0v) is 12.3. The highest BCUT2D eigenvalue weighted by Gasteiger charge is 2.11. The molecule has 0 amide bonds. The van der Waals surface area contributed by atoms with Gasteiger partial charge in [-0.2, -0.15) is 0 Å². The van der Waals surface area contributed by atoms with Gasteiger partial charge in [0.2, 0.25) is 0 Å². The number of hydrogen-bond acceptors (Lipinski definition) is 4. The summed E-state index contributed by atoms with van der Waals surface area (Å²) in [6, 6.07) is 1.31. The molecule has 8 nitrogen and oxygen atoms in total. The third-order valence-electron chi connectivity index (χ3n) is 3.51. The van der Waals surface area contributed by atoms with Gasteiger partial charge in [-0.3, -0.25) is 18.7 Å². The van der Waals surface area contributed by atoms with Gasteiger partial charge in [0, 0.05) is 58.1 Å². The van der Waals surface area contributed by atoms with Gasteiger partial charge in [0.25, 0.3) is 11.1 Å². The fourth-order valence-electron chi connectivity index (χ4n) is 2.15. The molecule has 2 aromatic heterocycles. The van der Waals surface area contributed by atoms with Crippen LogP contribution in [-0.4, -0.2) is 18.3 Å². The van der Waals surface area contributed by atoms with Crippen molar-refractivity contribution in [3.05, 3.63) is 65.2 Å². The van der Waals surface area contributed by atoms with Crippen molar-refractivity contribution in [2.45, 2.75) is 6.42 Å². The molecule has 8 heteroatoms. The van der Waals surface area contributed by atoms with Gasteiger partial charge in [-0.25, -0.2) is 9.59 Å². The van der Waals surface area contributed by atoms with Gasteiger partial charge in [-0.1, -0.05) is 0 Å². The van der Waals surface area contributed by atoms with Gasteiger partial charge in [-0.05, 0) is 0 Å². The summed E-state index contributed by atoms with van der Waals surface area (Å²) in [6.45, 7) is 0. The summed E-state index contributed by atoms with van der Waals surface area (Å²) >= 11 is 0. The first kappa shape index (κ1) is 14.8. The molecule has 112 valence electrons. The Morgan fingerprint density at radius 1 is 0.857 bits per heavy atom. The van der Waals surface area contributed by atoms with E-state index < -0.39 is 22.5 Å². The fraction of sp³-hybridized carbons (Fsp3) is 0.385. The third kappa shape index (κ3) is 2.39. The summed E-state index contributed by atoms with van der Waals surface area (Å²) in [5.74, 6) is 0. The van der Waals surface area contributed by atoms with Crippen LogP contribution in [0.25, 0.3) is 0 Å². The van der Waals surface area contributed by atoms with Crippen LogP contribution in [0.3, 0.4) is 0 Å². The van der Waals surface area contributed by atoms with E-state index in [0.29, 0.717) is 11.3 Å². The van der Waals surface area contributed by atoms with Crippen LogP contribution in [0.5, 0.6) is 0 Å². The molecule has 0 aliphatic carbocycles. The monoisotopic (exact) mass is 292 g/mol. The molecule has 0 spiro atoms. The van der Waals surface area contributed by atoms with E-state index >= 15 is 0 Å². The maximum absolute atomic E-state index is 12.1. The first-order valence-corrected chi connectivity index (χ1v) is 6.25. The van der Waals surface area contributed by atoms with Crippen molar-refractivity contribution >= 4 is 0 Å². The fourth-order valence-corrected chi connectivity index (χ4v) is 2.15. The summed E-state index contributed by atoms with van der Waals surface area (Å²) in [5.41, 5.74) is -1.01.